The van der Waals surface area contributed by atoms with Crippen LogP contribution >= 0.6 is 47.8 Å². The molecule has 0 saturated heterocycles. The van der Waals surface area contributed by atoms with Crippen LogP contribution in [0.15, 0.2) is 51.4 Å². The fraction of sp³-hybridized carbons (Fsp3) is 0.250. The van der Waals surface area contributed by atoms with Crippen molar-refractivity contribution in [3.8, 4) is 0 Å². The van der Waals surface area contributed by atoms with Gasteiger partial charge in [-0.05, 0) is 64.0 Å². The molecule has 20 heavy (non-hydrogen) atoms. The highest BCUT2D eigenvalue weighted by molar-refractivity contribution is 9.10. The van der Waals surface area contributed by atoms with Crippen molar-refractivity contribution in [1.29, 1.82) is 0 Å². The quantitative estimate of drug-likeness (QED) is 0.466. The molecule has 0 nitrogen and oxygen atoms in total. The van der Waals surface area contributed by atoms with Crippen LogP contribution in [0.2, 0.25) is 0 Å². The maximum absolute atomic E-state index is 13.3. The Morgan fingerprint density at radius 3 is 2.35 bits per heavy atom. The fourth-order valence-corrected chi connectivity index (χ4v) is 3.49. The molecule has 0 aliphatic rings. The first kappa shape index (κ1) is 16.2. The highest BCUT2D eigenvalue weighted by Crippen LogP contribution is 2.24. The van der Waals surface area contributed by atoms with E-state index in [2.05, 4.69) is 66.0 Å². The van der Waals surface area contributed by atoms with E-state index in [-0.39, 0.29) is 5.82 Å². The van der Waals surface area contributed by atoms with E-state index in [1.165, 1.54) is 11.6 Å². The Morgan fingerprint density at radius 1 is 0.950 bits per heavy atom. The number of rotatable bonds is 5. The van der Waals surface area contributed by atoms with Gasteiger partial charge in [0.05, 0.1) is 4.47 Å². The topological polar surface area (TPSA) is 0 Å². The molecule has 0 heterocycles. The monoisotopic (exact) mass is 462 g/mol. The highest BCUT2D eigenvalue weighted by Gasteiger charge is 2.12. The van der Waals surface area contributed by atoms with E-state index >= 15 is 0 Å². The van der Waals surface area contributed by atoms with Gasteiger partial charge >= 0.3 is 0 Å². The van der Waals surface area contributed by atoms with Crippen LogP contribution in [0.1, 0.15) is 11.1 Å². The average molecular weight is 465 g/mol. The van der Waals surface area contributed by atoms with E-state index in [0.29, 0.717) is 10.4 Å². The molecule has 0 spiro atoms. The first-order valence-electron chi connectivity index (χ1n) is 6.33. The van der Waals surface area contributed by atoms with Crippen molar-refractivity contribution in [2.75, 3.05) is 5.33 Å². The molecule has 0 bridgehead atoms. The Morgan fingerprint density at radius 2 is 1.70 bits per heavy atom. The van der Waals surface area contributed by atoms with Crippen LogP contribution < -0.4 is 0 Å². The summed E-state index contributed by atoms with van der Waals surface area (Å²) < 4.78 is 14.9. The number of hydrogen-bond donors (Lipinski definition) is 0. The van der Waals surface area contributed by atoms with Crippen LogP contribution in [-0.2, 0) is 12.8 Å². The van der Waals surface area contributed by atoms with E-state index in [1.54, 1.807) is 0 Å². The van der Waals surface area contributed by atoms with Crippen LogP contribution in [0.3, 0.4) is 0 Å². The van der Waals surface area contributed by atoms with Gasteiger partial charge in [0.2, 0.25) is 0 Å². The van der Waals surface area contributed by atoms with Crippen molar-refractivity contribution < 1.29 is 4.39 Å². The molecule has 4 heteroatoms. The minimum atomic E-state index is -0.213. The zero-order valence-corrected chi connectivity index (χ0v) is 15.5. The smallest absolute Gasteiger partial charge is 0.137 e. The maximum atomic E-state index is 13.3. The van der Waals surface area contributed by atoms with Gasteiger partial charge in [-0.15, -0.1) is 0 Å². The summed E-state index contributed by atoms with van der Waals surface area (Å²) in [6, 6.07) is 13.5. The van der Waals surface area contributed by atoms with Gasteiger partial charge in [-0.1, -0.05) is 56.1 Å². The van der Waals surface area contributed by atoms with Gasteiger partial charge in [-0.2, -0.15) is 0 Å². The number of hydrogen-bond acceptors (Lipinski definition) is 0. The van der Waals surface area contributed by atoms with Gasteiger partial charge in [-0.3, -0.25) is 0 Å². The van der Waals surface area contributed by atoms with Gasteiger partial charge < -0.3 is 0 Å². The lowest BCUT2D eigenvalue weighted by atomic mass is 9.94. The molecule has 0 radical (unpaired) electrons. The Kier molecular flexibility index (Phi) is 6.24. The summed E-state index contributed by atoms with van der Waals surface area (Å²) in [5.41, 5.74) is 2.45. The molecule has 0 saturated carbocycles. The predicted octanol–water partition coefficient (Wildman–Crippen LogP) is 6.15. The second-order valence-electron chi connectivity index (χ2n) is 4.77. The predicted molar refractivity (Wildman–Crippen MR) is 92.9 cm³/mol. The maximum Gasteiger partial charge on any atom is 0.137 e. The molecular formula is C16H14Br3F. The van der Waals surface area contributed by atoms with E-state index in [9.17, 15) is 4.39 Å². The molecule has 0 fully saturated rings. The summed E-state index contributed by atoms with van der Waals surface area (Å²) in [7, 11) is 0. The lowest BCUT2D eigenvalue weighted by molar-refractivity contribution is 0.585. The molecular weight excluding hydrogens is 451 g/mol. The summed E-state index contributed by atoms with van der Waals surface area (Å²) in [6.45, 7) is 0. The van der Waals surface area contributed by atoms with Gasteiger partial charge in [0.25, 0.3) is 0 Å². The van der Waals surface area contributed by atoms with E-state index < -0.39 is 0 Å². The largest absolute Gasteiger partial charge is 0.206 e. The Labute approximate surface area is 144 Å². The molecule has 1 unspecified atom stereocenters. The summed E-state index contributed by atoms with van der Waals surface area (Å²) >= 11 is 10.4. The van der Waals surface area contributed by atoms with Gasteiger partial charge in [0, 0.05) is 9.80 Å². The lowest BCUT2D eigenvalue weighted by Crippen LogP contribution is -2.10. The van der Waals surface area contributed by atoms with Gasteiger partial charge in [0.15, 0.2) is 0 Å². The summed E-state index contributed by atoms with van der Waals surface area (Å²) in [5.74, 6) is 0.265. The fourth-order valence-electron chi connectivity index (χ4n) is 2.16. The molecule has 2 aromatic rings. The van der Waals surface area contributed by atoms with Crippen LogP contribution in [0.25, 0.3) is 0 Å². The average Bonchev–Trinajstić information content (AvgIpc) is 2.44. The molecule has 1 atom stereocenters. The molecule has 0 aliphatic carbocycles. The number of alkyl halides is 1. The third kappa shape index (κ3) is 4.40. The van der Waals surface area contributed by atoms with Crippen LogP contribution in [-0.4, -0.2) is 5.33 Å². The van der Waals surface area contributed by atoms with Gasteiger partial charge in [-0.25, -0.2) is 4.39 Å². The van der Waals surface area contributed by atoms with E-state index in [0.717, 1.165) is 28.2 Å². The SMILES string of the molecule is Fc1ccc(CC(CBr)Cc2ccccc2Br)cc1Br. The van der Waals surface area contributed by atoms with Gasteiger partial charge in [0.1, 0.15) is 5.82 Å². The lowest BCUT2D eigenvalue weighted by Gasteiger charge is -2.15. The minimum Gasteiger partial charge on any atom is -0.206 e. The van der Waals surface area contributed by atoms with Crippen molar-refractivity contribution in [2.45, 2.75) is 12.8 Å². The Balaban J connectivity index is 2.09. The molecule has 2 rings (SSSR count). The first-order chi connectivity index (χ1) is 9.60. The molecule has 0 aliphatic heterocycles. The molecule has 0 aromatic heterocycles. The van der Waals surface area contributed by atoms with Crippen LogP contribution in [0.5, 0.6) is 0 Å². The number of halogens is 4. The van der Waals surface area contributed by atoms with E-state index in [1.807, 2.05) is 18.2 Å². The van der Waals surface area contributed by atoms with Crippen LogP contribution in [0.4, 0.5) is 4.39 Å². The van der Waals surface area contributed by atoms with Crippen molar-refractivity contribution in [3.05, 3.63) is 68.4 Å². The highest BCUT2D eigenvalue weighted by atomic mass is 79.9. The van der Waals surface area contributed by atoms with Crippen molar-refractivity contribution >= 4 is 47.8 Å². The second kappa shape index (κ2) is 7.71. The van der Waals surface area contributed by atoms with Crippen molar-refractivity contribution in [1.82, 2.24) is 0 Å². The second-order valence-corrected chi connectivity index (χ2v) is 7.12. The van der Waals surface area contributed by atoms with Crippen molar-refractivity contribution in [3.63, 3.8) is 0 Å². The normalized spacial score (nSPS) is 12.4. The number of benzene rings is 2. The third-order valence-corrected chi connectivity index (χ3v) is 5.49. The Bertz CT molecular complexity index is 584. The minimum absolute atomic E-state index is 0.213. The Hall–Kier alpha value is -0.190. The zero-order valence-electron chi connectivity index (χ0n) is 10.8. The zero-order chi connectivity index (χ0) is 14.5. The molecule has 106 valence electrons. The summed E-state index contributed by atoms with van der Waals surface area (Å²) in [4.78, 5) is 0. The standard InChI is InChI=1S/C16H14Br3F/c17-10-12(8-13-3-1-2-4-14(13)18)7-11-5-6-16(20)15(19)9-11/h1-6,9,12H,7-8,10H2. The summed E-state index contributed by atoms with van der Waals surface area (Å²) in [6.07, 6.45) is 1.91. The van der Waals surface area contributed by atoms with Crippen molar-refractivity contribution in [2.24, 2.45) is 5.92 Å². The summed E-state index contributed by atoms with van der Waals surface area (Å²) in [5, 5.41) is 0.920. The first-order valence-corrected chi connectivity index (χ1v) is 9.04. The third-order valence-electron chi connectivity index (χ3n) is 3.19. The van der Waals surface area contributed by atoms with Crippen LogP contribution in [0, 0.1) is 11.7 Å². The molecule has 0 amide bonds. The molecule has 2 aromatic carbocycles. The van der Waals surface area contributed by atoms with E-state index in [4.69, 9.17) is 0 Å². The molecule has 0 N–H and O–H groups in total.